The van der Waals surface area contributed by atoms with Gasteiger partial charge < -0.3 is 4.42 Å². The standard InChI is InChI=1S/C9H7FN2OS2/c10-6-1-3-7(4-2-6)15-5-8-11-12-9(14)13-8/h1-4H,5H2,(H,12,14). The second kappa shape index (κ2) is 4.59. The maximum absolute atomic E-state index is 12.6. The van der Waals surface area contributed by atoms with Crippen LogP contribution in [-0.2, 0) is 5.75 Å². The lowest BCUT2D eigenvalue weighted by molar-refractivity contribution is 0.500. The third-order valence-corrected chi connectivity index (χ3v) is 2.83. The van der Waals surface area contributed by atoms with E-state index in [0.717, 1.165) is 4.90 Å². The van der Waals surface area contributed by atoms with E-state index in [2.05, 4.69) is 10.2 Å². The molecule has 3 nitrogen and oxygen atoms in total. The minimum atomic E-state index is -0.239. The second-order valence-electron chi connectivity index (χ2n) is 2.75. The van der Waals surface area contributed by atoms with Gasteiger partial charge in [-0.25, -0.2) is 9.49 Å². The number of aromatic amines is 1. The highest BCUT2D eigenvalue weighted by Crippen LogP contribution is 2.21. The van der Waals surface area contributed by atoms with Gasteiger partial charge in [0.05, 0.1) is 5.75 Å². The molecule has 1 heterocycles. The van der Waals surface area contributed by atoms with Gasteiger partial charge in [-0.15, -0.1) is 16.9 Å². The quantitative estimate of drug-likeness (QED) is 0.663. The Hall–Kier alpha value is -1.14. The monoisotopic (exact) mass is 242 g/mol. The molecule has 15 heavy (non-hydrogen) atoms. The van der Waals surface area contributed by atoms with Crippen LogP contribution in [0.3, 0.4) is 0 Å². The number of nitrogens with zero attached hydrogens (tertiary/aromatic N) is 1. The molecule has 0 spiro atoms. The average molecular weight is 242 g/mol. The zero-order valence-electron chi connectivity index (χ0n) is 7.57. The van der Waals surface area contributed by atoms with Crippen LogP contribution in [0.5, 0.6) is 0 Å². The van der Waals surface area contributed by atoms with Gasteiger partial charge in [-0.3, -0.25) is 0 Å². The molecule has 78 valence electrons. The minimum Gasteiger partial charge on any atom is -0.413 e. The third-order valence-electron chi connectivity index (χ3n) is 1.66. The number of thioether (sulfide) groups is 1. The number of aromatic nitrogens is 2. The molecule has 0 saturated carbocycles. The van der Waals surface area contributed by atoms with Crippen molar-refractivity contribution in [2.24, 2.45) is 0 Å². The fourth-order valence-corrected chi connectivity index (χ4v) is 1.88. The highest BCUT2D eigenvalue weighted by atomic mass is 32.2. The molecule has 0 radical (unpaired) electrons. The number of rotatable bonds is 3. The van der Waals surface area contributed by atoms with Gasteiger partial charge >= 0.3 is 0 Å². The fraction of sp³-hybridized carbons (Fsp3) is 0.111. The van der Waals surface area contributed by atoms with Crippen molar-refractivity contribution in [2.75, 3.05) is 0 Å². The summed E-state index contributed by atoms with van der Waals surface area (Å²) >= 11 is 6.24. The largest absolute Gasteiger partial charge is 0.413 e. The van der Waals surface area contributed by atoms with Crippen LogP contribution in [0.4, 0.5) is 4.39 Å². The fourth-order valence-electron chi connectivity index (χ4n) is 0.998. The van der Waals surface area contributed by atoms with Crippen LogP contribution in [0.2, 0.25) is 0 Å². The van der Waals surface area contributed by atoms with Gasteiger partial charge in [-0.05, 0) is 36.5 Å². The molecule has 2 rings (SSSR count). The van der Waals surface area contributed by atoms with E-state index in [1.54, 1.807) is 12.1 Å². The molecule has 0 bridgehead atoms. The molecule has 1 aromatic carbocycles. The Morgan fingerprint density at radius 1 is 1.40 bits per heavy atom. The van der Waals surface area contributed by atoms with Gasteiger partial charge in [0.15, 0.2) is 0 Å². The van der Waals surface area contributed by atoms with Gasteiger partial charge in [0.25, 0.3) is 4.84 Å². The van der Waals surface area contributed by atoms with E-state index in [4.69, 9.17) is 16.6 Å². The van der Waals surface area contributed by atoms with E-state index >= 15 is 0 Å². The maximum Gasteiger partial charge on any atom is 0.284 e. The predicted molar refractivity (Wildman–Crippen MR) is 57.6 cm³/mol. The van der Waals surface area contributed by atoms with Gasteiger partial charge in [0.1, 0.15) is 5.82 Å². The molecule has 1 aromatic heterocycles. The Morgan fingerprint density at radius 2 is 2.13 bits per heavy atom. The van der Waals surface area contributed by atoms with Gasteiger partial charge in [0, 0.05) is 4.90 Å². The summed E-state index contributed by atoms with van der Waals surface area (Å²) in [6.45, 7) is 0. The lowest BCUT2D eigenvalue weighted by atomic mass is 10.4. The van der Waals surface area contributed by atoms with Gasteiger partial charge in [-0.2, -0.15) is 0 Å². The molecule has 6 heteroatoms. The Morgan fingerprint density at radius 3 is 2.73 bits per heavy atom. The molecule has 0 amide bonds. The number of hydrogen-bond acceptors (Lipinski definition) is 4. The van der Waals surface area contributed by atoms with Crippen molar-refractivity contribution >= 4 is 24.0 Å². The number of hydrogen-bond donors (Lipinski definition) is 1. The molecule has 0 atom stereocenters. The normalized spacial score (nSPS) is 10.5. The summed E-state index contributed by atoms with van der Waals surface area (Å²) in [7, 11) is 0. The first kappa shape index (κ1) is 10.4. The van der Waals surface area contributed by atoms with Crippen LogP contribution < -0.4 is 0 Å². The summed E-state index contributed by atoms with van der Waals surface area (Å²) in [5, 5.41) is 6.40. The van der Waals surface area contributed by atoms with Crippen molar-refractivity contribution in [1.82, 2.24) is 10.2 Å². The van der Waals surface area contributed by atoms with Crippen LogP contribution in [0, 0.1) is 10.7 Å². The lowest BCUT2D eigenvalue weighted by Crippen LogP contribution is -1.81. The Labute approximate surface area is 94.7 Å². The van der Waals surface area contributed by atoms with Crippen molar-refractivity contribution < 1.29 is 8.81 Å². The molecule has 0 aliphatic rings. The second-order valence-corrected chi connectivity index (χ2v) is 4.17. The number of benzene rings is 1. The van der Waals surface area contributed by atoms with Crippen LogP contribution in [0.15, 0.2) is 33.6 Å². The summed E-state index contributed by atoms with van der Waals surface area (Å²) in [5.41, 5.74) is 0. The highest BCUT2D eigenvalue weighted by Gasteiger charge is 2.01. The number of halogens is 1. The number of H-pyrrole nitrogens is 1. The predicted octanol–water partition coefficient (Wildman–Crippen LogP) is 3.16. The lowest BCUT2D eigenvalue weighted by Gasteiger charge is -1.97. The Bertz CT molecular complexity index is 491. The SMILES string of the molecule is Fc1ccc(SCc2n[nH]c(=S)o2)cc1. The summed E-state index contributed by atoms with van der Waals surface area (Å²) in [6.07, 6.45) is 0. The molecule has 0 saturated heterocycles. The van der Waals surface area contributed by atoms with Crippen molar-refractivity contribution in [2.45, 2.75) is 10.6 Å². The van der Waals surface area contributed by atoms with E-state index < -0.39 is 0 Å². The van der Waals surface area contributed by atoms with Crippen molar-refractivity contribution in [3.8, 4) is 0 Å². The molecule has 0 aliphatic heterocycles. The summed E-state index contributed by atoms with van der Waals surface area (Å²) in [5.74, 6) is 0.865. The first-order valence-corrected chi connectivity index (χ1v) is 5.56. The minimum absolute atomic E-state index is 0.239. The van der Waals surface area contributed by atoms with E-state index in [9.17, 15) is 4.39 Å². The van der Waals surface area contributed by atoms with Crippen LogP contribution in [0.1, 0.15) is 5.89 Å². The third kappa shape index (κ3) is 2.90. The van der Waals surface area contributed by atoms with Gasteiger partial charge in [0.2, 0.25) is 5.89 Å². The molecular formula is C9H7FN2OS2. The first-order chi connectivity index (χ1) is 7.24. The van der Waals surface area contributed by atoms with Gasteiger partial charge in [-0.1, -0.05) is 0 Å². The zero-order valence-corrected chi connectivity index (χ0v) is 9.20. The average Bonchev–Trinajstić information content (AvgIpc) is 2.64. The Balaban J connectivity index is 1.99. The van der Waals surface area contributed by atoms with E-state index in [0.29, 0.717) is 11.6 Å². The summed E-state index contributed by atoms with van der Waals surface area (Å²) in [6, 6.07) is 6.26. The maximum atomic E-state index is 12.6. The molecule has 0 fully saturated rings. The van der Waals surface area contributed by atoms with Crippen molar-refractivity contribution in [3.63, 3.8) is 0 Å². The Kier molecular flexibility index (Phi) is 3.17. The van der Waals surface area contributed by atoms with Crippen LogP contribution in [0.25, 0.3) is 0 Å². The molecule has 0 unspecified atom stereocenters. The first-order valence-electron chi connectivity index (χ1n) is 4.17. The zero-order chi connectivity index (χ0) is 10.7. The topological polar surface area (TPSA) is 41.8 Å². The van der Waals surface area contributed by atoms with Crippen LogP contribution in [-0.4, -0.2) is 10.2 Å². The molecular weight excluding hydrogens is 235 g/mol. The number of nitrogens with one attached hydrogen (secondary N) is 1. The molecule has 2 aromatic rings. The van der Waals surface area contributed by atoms with Crippen molar-refractivity contribution in [1.29, 1.82) is 0 Å². The molecule has 1 N–H and O–H groups in total. The summed E-state index contributed by atoms with van der Waals surface area (Å²) < 4.78 is 17.7. The van der Waals surface area contributed by atoms with Crippen molar-refractivity contribution in [3.05, 3.63) is 40.8 Å². The summed E-state index contributed by atoms with van der Waals surface area (Å²) in [4.78, 5) is 1.23. The van der Waals surface area contributed by atoms with Crippen LogP contribution >= 0.6 is 24.0 Å². The van der Waals surface area contributed by atoms with E-state index in [-0.39, 0.29) is 10.7 Å². The highest BCUT2D eigenvalue weighted by molar-refractivity contribution is 7.98. The van der Waals surface area contributed by atoms with E-state index in [1.807, 2.05) is 0 Å². The smallest absolute Gasteiger partial charge is 0.284 e. The molecule has 0 aliphatic carbocycles. The van der Waals surface area contributed by atoms with E-state index in [1.165, 1.54) is 23.9 Å².